The minimum atomic E-state index is -3.11. The van der Waals surface area contributed by atoms with Gasteiger partial charge < -0.3 is 4.74 Å². The van der Waals surface area contributed by atoms with E-state index in [1.54, 1.807) is 0 Å². The van der Waals surface area contributed by atoms with Crippen molar-refractivity contribution >= 4 is 15.8 Å². The quantitative estimate of drug-likeness (QED) is 0.692. The summed E-state index contributed by atoms with van der Waals surface area (Å²) in [6.45, 7) is 0. The number of methoxy groups -OCH3 is 1. The SMILES string of the molecule is COC(=O)CC1(CS(=O)(=O)CCCc2ccccc2)CC1. The molecule has 116 valence electrons. The summed E-state index contributed by atoms with van der Waals surface area (Å²) in [7, 11) is -1.77. The summed E-state index contributed by atoms with van der Waals surface area (Å²) in [6.07, 6.45) is 3.23. The molecule has 0 heterocycles. The van der Waals surface area contributed by atoms with Crippen molar-refractivity contribution in [2.45, 2.75) is 32.1 Å². The van der Waals surface area contributed by atoms with Gasteiger partial charge in [-0.3, -0.25) is 4.79 Å². The van der Waals surface area contributed by atoms with Gasteiger partial charge in [0.1, 0.15) is 0 Å². The molecule has 0 aliphatic heterocycles. The second-order valence-corrected chi connectivity index (χ2v) is 8.12. The Labute approximate surface area is 126 Å². The first-order chi connectivity index (χ1) is 9.95. The number of benzene rings is 1. The Hall–Kier alpha value is -1.36. The molecule has 0 bridgehead atoms. The van der Waals surface area contributed by atoms with Crippen molar-refractivity contribution in [3.8, 4) is 0 Å². The largest absolute Gasteiger partial charge is 0.469 e. The van der Waals surface area contributed by atoms with Gasteiger partial charge in [-0.25, -0.2) is 8.42 Å². The van der Waals surface area contributed by atoms with Crippen LogP contribution in [0.1, 0.15) is 31.2 Å². The van der Waals surface area contributed by atoms with Crippen LogP contribution < -0.4 is 0 Å². The van der Waals surface area contributed by atoms with Gasteiger partial charge in [0, 0.05) is 0 Å². The van der Waals surface area contributed by atoms with Crippen molar-refractivity contribution in [1.82, 2.24) is 0 Å². The number of esters is 1. The Morgan fingerprint density at radius 1 is 1.24 bits per heavy atom. The van der Waals surface area contributed by atoms with Crippen LogP contribution in [0.15, 0.2) is 30.3 Å². The van der Waals surface area contributed by atoms with Gasteiger partial charge >= 0.3 is 5.97 Å². The first kappa shape index (κ1) is 16.0. The van der Waals surface area contributed by atoms with E-state index in [2.05, 4.69) is 4.74 Å². The molecule has 21 heavy (non-hydrogen) atoms. The van der Waals surface area contributed by atoms with Crippen LogP contribution in [-0.4, -0.2) is 33.0 Å². The summed E-state index contributed by atoms with van der Waals surface area (Å²) in [4.78, 5) is 11.3. The zero-order valence-corrected chi connectivity index (χ0v) is 13.2. The van der Waals surface area contributed by atoms with Gasteiger partial charge in [0.25, 0.3) is 0 Å². The fraction of sp³-hybridized carbons (Fsp3) is 0.562. The third kappa shape index (κ3) is 5.16. The third-order valence-electron chi connectivity index (χ3n) is 3.99. The predicted octanol–water partition coefficient (Wildman–Crippen LogP) is 2.38. The second-order valence-electron chi connectivity index (χ2n) is 5.93. The summed E-state index contributed by atoms with van der Waals surface area (Å²) in [5, 5.41) is 0. The Morgan fingerprint density at radius 2 is 1.90 bits per heavy atom. The molecule has 0 radical (unpaired) electrons. The molecule has 1 saturated carbocycles. The van der Waals surface area contributed by atoms with Crippen LogP contribution in [0.25, 0.3) is 0 Å². The molecule has 4 nitrogen and oxygen atoms in total. The first-order valence-corrected chi connectivity index (χ1v) is 9.08. The van der Waals surface area contributed by atoms with Crippen LogP contribution in [-0.2, 0) is 25.8 Å². The van der Waals surface area contributed by atoms with E-state index < -0.39 is 9.84 Å². The van der Waals surface area contributed by atoms with Gasteiger partial charge in [0.15, 0.2) is 9.84 Å². The fourth-order valence-electron chi connectivity index (χ4n) is 2.61. The molecule has 1 aliphatic carbocycles. The van der Waals surface area contributed by atoms with Crippen molar-refractivity contribution in [2.75, 3.05) is 18.6 Å². The molecule has 1 aromatic carbocycles. The molecule has 1 fully saturated rings. The van der Waals surface area contributed by atoms with Gasteiger partial charge in [0.05, 0.1) is 25.0 Å². The highest BCUT2D eigenvalue weighted by Crippen LogP contribution is 2.50. The second kappa shape index (κ2) is 6.60. The molecule has 1 aromatic rings. The van der Waals surface area contributed by atoms with Crippen LogP contribution >= 0.6 is 0 Å². The summed E-state index contributed by atoms with van der Waals surface area (Å²) >= 11 is 0. The van der Waals surface area contributed by atoms with Gasteiger partial charge in [-0.2, -0.15) is 0 Å². The standard InChI is InChI=1S/C16H22O4S/c1-20-15(17)12-16(9-10-16)13-21(18,19)11-5-8-14-6-3-2-4-7-14/h2-4,6-7H,5,8-13H2,1H3. The Balaban J connectivity index is 1.81. The number of rotatable bonds is 8. The minimum Gasteiger partial charge on any atom is -0.469 e. The van der Waals surface area contributed by atoms with Crippen molar-refractivity contribution in [3.63, 3.8) is 0 Å². The molecule has 5 heteroatoms. The number of hydrogen-bond acceptors (Lipinski definition) is 4. The highest BCUT2D eigenvalue weighted by molar-refractivity contribution is 7.91. The van der Waals surface area contributed by atoms with Crippen LogP contribution in [0, 0.1) is 5.41 Å². The average molecular weight is 310 g/mol. The lowest BCUT2D eigenvalue weighted by molar-refractivity contribution is -0.141. The molecule has 0 aromatic heterocycles. The minimum absolute atomic E-state index is 0.115. The van der Waals surface area contributed by atoms with Crippen LogP contribution in [0.4, 0.5) is 0 Å². The molecule has 0 amide bonds. The zero-order valence-electron chi connectivity index (χ0n) is 12.4. The predicted molar refractivity (Wildman–Crippen MR) is 81.7 cm³/mol. The molecular weight excluding hydrogens is 288 g/mol. The van der Waals surface area contributed by atoms with Crippen LogP contribution in [0.5, 0.6) is 0 Å². The fourth-order valence-corrected chi connectivity index (χ4v) is 4.66. The molecule has 2 rings (SSSR count). The van der Waals surface area contributed by atoms with E-state index in [0.29, 0.717) is 6.42 Å². The van der Waals surface area contributed by atoms with E-state index in [1.165, 1.54) is 7.11 Å². The summed E-state index contributed by atoms with van der Waals surface area (Å²) in [5.41, 5.74) is 0.807. The van der Waals surface area contributed by atoms with E-state index >= 15 is 0 Å². The maximum atomic E-state index is 12.2. The molecule has 0 unspecified atom stereocenters. The van der Waals surface area contributed by atoms with Crippen LogP contribution in [0.2, 0.25) is 0 Å². The number of hydrogen-bond donors (Lipinski definition) is 0. The summed E-state index contributed by atoms with van der Waals surface area (Å²) < 4.78 is 29.0. The molecular formula is C16H22O4S. The van der Waals surface area contributed by atoms with Gasteiger partial charge in [0.2, 0.25) is 0 Å². The maximum Gasteiger partial charge on any atom is 0.306 e. The maximum absolute atomic E-state index is 12.2. The Bertz CT molecular complexity index is 574. The molecule has 0 saturated heterocycles. The topological polar surface area (TPSA) is 60.4 Å². The normalized spacial score (nSPS) is 16.4. The number of carbonyl (C=O) groups is 1. The van der Waals surface area contributed by atoms with E-state index in [-0.39, 0.29) is 29.3 Å². The number of carbonyl (C=O) groups excluding carboxylic acids is 1. The van der Waals surface area contributed by atoms with E-state index in [1.807, 2.05) is 30.3 Å². The Morgan fingerprint density at radius 3 is 2.48 bits per heavy atom. The summed E-state index contributed by atoms with van der Waals surface area (Å²) in [6, 6.07) is 9.88. The highest BCUT2D eigenvalue weighted by Gasteiger charge is 2.47. The van der Waals surface area contributed by atoms with Gasteiger partial charge in [-0.15, -0.1) is 0 Å². The lowest BCUT2D eigenvalue weighted by Gasteiger charge is -2.14. The van der Waals surface area contributed by atoms with E-state index in [0.717, 1.165) is 24.8 Å². The van der Waals surface area contributed by atoms with E-state index in [4.69, 9.17) is 0 Å². The van der Waals surface area contributed by atoms with Gasteiger partial charge in [-0.05, 0) is 36.7 Å². The number of sulfone groups is 1. The van der Waals surface area contributed by atoms with Crippen molar-refractivity contribution < 1.29 is 17.9 Å². The molecule has 0 spiro atoms. The lowest BCUT2D eigenvalue weighted by atomic mass is 10.1. The van der Waals surface area contributed by atoms with Crippen molar-refractivity contribution in [1.29, 1.82) is 0 Å². The molecule has 0 N–H and O–H groups in total. The smallest absolute Gasteiger partial charge is 0.306 e. The first-order valence-electron chi connectivity index (χ1n) is 7.26. The third-order valence-corrected chi connectivity index (χ3v) is 5.96. The Kier molecular flexibility index (Phi) is 5.04. The average Bonchev–Trinajstić information content (AvgIpc) is 3.18. The molecule has 1 aliphatic rings. The van der Waals surface area contributed by atoms with Crippen molar-refractivity contribution in [3.05, 3.63) is 35.9 Å². The number of ether oxygens (including phenoxy) is 1. The summed E-state index contributed by atoms with van der Waals surface area (Å²) in [5.74, 6) is -0.0127. The van der Waals surface area contributed by atoms with E-state index in [9.17, 15) is 13.2 Å². The highest BCUT2D eigenvalue weighted by atomic mass is 32.2. The monoisotopic (exact) mass is 310 g/mol. The number of aryl methyl sites for hydroxylation is 1. The van der Waals surface area contributed by atoms with Crippen LogP contribution in [0.3, 0.4) is 0 Å². The van der Waals surface area contributed by atoms with Crippen molar-refractivity contribution in [2.24, 2.45) is 5.41 Å². The lowest BCUT2D eigenvalue weighted by Crippen LogP contribution is -2.23. The molecule has 0 atom stereocenters. The van der Waals surface area contributed by atoms with Gasteiger partial charge in [-0.1, -0.05) is 30.3 Å². The zero-order chi connectivity index (χ0) is 15.3.